The average molecular weight is 488 g/mol. The van der Waals surface area contributed by atoms with E-state index in [2.05, 4.69) is 10.1 Å². The minimum Gasteiger partial charge on any atom is -0.435 e. The molecule has 0 spiro atoms. The molecule has 0 radical (unpaired) electrons. The topological polar surface area (TPSA) is 41.6 Å². The van der Waals surface area contributed by atoms with Crippen LogP contribution >= 0.6 is 0 Å². The highest BCUT2D eigenvalue weighted by Gasteiger charge is 2.37. The molecule has 2 atom stereocenters. The van der Waals surface area contributed by atoms with Gasteiger partial charge < -0.3 is 10.1 Å². The van der Waals surface area contributed by atoms with Gasteiger partial charge in [-0.1, -0.05) is 42.5 Å². The Labute approximate surface area is 198 Å². The summed E-state index contributed by atoms with van der Waals surface area (Å²) in [6, 6.07) is 18.4. The molecule has 0 saturated carbocycles. The lowest BCUT2D eigenvalue weighted by atomic mass is 10.0. The standard InChI is InChI=1S/C26H21F5N2O2/c1-16(17-6-3-2-4-7-17)32-22-15-23(18-8-5-9-19(14-18)26(29,30)31)33(24(22)34)20-10-12-21(13-11-20)35-25(27)28/h2-16,23,25,32H,1H3/t16-,23?/m1/s1. The van der Waals surface area contributed by atoms with Crippen LogP contribution in [0.25, 0.3) is 0 Å². The lowest BCUT2D eigenvalue weighted by Gasteiger charge is -2.26. The highest BCUT2D eigenvalue weighted by Crippen LogP contribution is 2.38. The molecule has 0 fully saturated rings. The van der Waals surface area contributed by atoms with E-state index >= 15 is 0 Å². The molecule has 0 saturated heterocycles. The Hall–Kier alpha value is -3.88. The van der Waals surface area contributed by atoms with Crippen molar-refractivity contribution in [1.82, 2.24) is 5.32 Å². The fraction of sp³-hybridized carbons (Fsp3) is 0.192. The first kappa shape index (κ1) is 24.3. The number of hydrogen-bond donors (Lipinski definition) is 1. The van der Waals surface area contributed by atoms with E-state index in [1.165, 1.54) is 41.3 Å². The summed E-state index contributed by atoms with van der Waals surface area (Å²) in [7, 11) is 0. The molecule has 1 heterocycles. The molecule has 0 aliphatic carbocycles. The van der Waals surface area contributed by atoms with Gasteiger partial charge in [0.15, 0.2) is 0 Å². The van der Waals surface area contributed by atoms with Gasteiger partial charge in [0.2, 0.25) is 0 Å². The SMILES string of the molecule is C[C@@H](NC1=CC(c2cccc(C(F)(F)F)c2)N(c2ccc(OC(F)F)cc2)C1=O)c1ccccc1. The monoisotopic (exact) mass is 488 g/mol. The minimum absolute atomic E-state index is 0.102. The Balaban J connectivity index is 1.70. The molecule has 1 N–H and O–H groups in total. The molecule has 1 aliphatic heterocycles. The van der Waals surface area contributed by atoms with Gasteiger partial charge in [-0.05, 0) is 60.5 Å². The Bertz CT molecular complexity index is 1210. The Kier molecular flexibility index (Phi) is 6.77. The van der Waals surface area contributed by atoms with Crippen LogP contribution in [0.3, 0.4) is 0 Å². The maximum Gasteiger partial charge on any atom is 0.416 e. The van der Waals surface area contributed by atoms with E-state index in [9.17, 15) is 26.7 Å². The van der Waals surface area contributed by atoms with Crippen molar-refractivity contribution in [3.05, 3.63) is 107 Å². The van der Waals surface area contributed by atoms with Crippen molar-refractivity contribution in [2.45, 2.75) is 31.8 Å². The molecule has 1 unspecified atom stereocenters. The second-order valence-electron chi connectivity index (χ2n) is 7.97. The van der Waals surface area contributed by atoms with Crippen molar-refractivity contribution >= 4 is 11.6 Å². The lowest BCUT2D eigenvalue weighted by Crippen LogP contribution is -2.33. The summed E-state index contributed by atoms with van der Waals surface area (Å²) >= 11 is 0. The van der Waals surface area contributed by atoms with Crippen LogP contribution in [0, 0.1) is 0 Å². The van der Waals surface area contributed by atoms with Crippen LogP contribution in [0.2, 0.25) is 0 Å². The molecular formula is C26H21F5N2O2. The number of rotatable bonds is 7. The number of hydrogen-bond acceptors (Lipinski definition) is 3. The summed E-state index contributed by atoms with van der Waals surface area (Å²) in [6.45, 7) is -1.15. The smallest absolute Gasteiger partial charge is 0.416 e. The van der Waals surface area contributed by atoms with Crippen molar-refractivity contribution in [1.29, 1.82) is 0 Å². The van der Waals surface area contributed by atoms with E-state index in [1.54, 1.807) is 6.08 Å². The largest absolute Gasteiger partial charge is 0.435 e. The van der Waals surface area contributed by atoms with Crippen molar-refractivity contribution in [3.63, 3.8) is 0 Å². The maximum absolute atomic E-state index is 13.4. The lowest BCUT2D eigenvalue weighted by molar-refractivity contribution is -0.137. The zero-order valence-corrected chi connectivity index (χ0v) is 18.5. The van der Waals surface area contributed by atoms with E-state index in [0.29, 0.717) is 5.69 Å². The zero-order chi connectivity index (χ0) is 25.2. The van der Waals surface area contributed by atoms with Crippen molar-refractivity contribution in [2.75, 3.05) is 4.90 Å². The van der Waals surface area contributed by atoms with Crippen molar-refractivity contribution < 1.29 is 31.5 Å². The van der Waals surface area contributed by atoms with Crippen LogP contribution < -0.4 is 15.0 Å². The summed E-state index contributed by atoms with van der Waals surface area (Å²) in [5.74, 6) is -0.562. The van der Waals surface area contributed by atoms with Gasteiger partial charge in [-0.2, -0.15) is 22.0 Å². The van der Waals surface area contributed by atoms with Gasteiger partial charge in [-0.25, -0.2) is 0 Å². The van der Waals surface area contributed by atoms with Gasteiger partial charge >= 0.3 is 12.8 Å². The van der Waals surface area contributed by atoms with Crippen LogP contribution in [0.15, 0.2) is 90.6 Å². The molecule has 1 aliphatic rings. The molecule has 1 amide bonds. The zero-order valence-electron chi connectivity index (χ0n) is 18.5. The minimum atomic E-state index is -4.55. The van der Waals surface area contributed by atoms with E-state index in [-0.39, 0.29) is 23.1 Å². The number of halogens is 5. The van der Waals surface area contributed by atoms with Gasteiger partial charge in [0.05, 0.1) is 17.3 Å². The predicted molar refractivity (Wildman–Crippen MR) is 121 cm³/mol. The number of carbonyl (C=O) groups is 1. The molecule has 35 heavy (non-hydrogen) atoms. The average Bonchev–Trinajstić information content (AvgIpc) is 3.15. The Morgan fingerprint density at radius 3 is 2.26 bits per heavy atom. The summed E-state index contributed by atoms with van der Waals surface area (Å²) in [4.78, 5) is 14.7. The van der Waals surface area contributed by atoms with Crippen LogP contribution in [-0.4, -0.2) is 12.5 Å². The molecular weight excluding hydrogens is 467 g/mol. The van der Waals surface area contributed by atoms with E-state index in [4.69, 9.17) is 0 Å². The number of amides is 1. The first-order chi connectivity index (χ1) is 16.6. The number of alkyl halides is 5. The van der Waals surface area contributed by atoms with Crippen LogP contribution in [-0.2, 0) is 11.0 Å². The number of anilines is 1. The summed E-state index contributed by atoms with van der Waals surface area (Å²) in [5, 5.41) is 3.15. The van der Waals surface area contributed by atoms with E-state index < -0.39 is 30.3 Å². The molecule has 3 aromatic rings. The van der Waals surface area contributed by atoms with Crippen LogP contribution in [0.4, 0.5) is 27.6 Å². The summed E-state index contributed by atoms with van der Waals surface area (Å²) < 4.78 is 69.5. The van der Waals surface area contributed by atoms with Gasteiger partial charge in [0, 0.05) is 11.7 Å². The van der Waals surface area contributed by atoms with E-state index in [1.807, 2.05) is 37.3 Å². The molecule has 0 aromatic heterocycles. The van der Waals surface area contributed by atoms with Gasteiger partial charge in [-0.15, -0.1) is 0 Å². The molecule has 9 heteroatoms. The fourth-order valence-corrected chi connectivity index (χ4v) is 3.94. The molecule has 0 bridgehead atoms. The summed E-state index contributed by atoms with van der Waals surface area (Å²) in [6.07, 6.45) is -2.98. The second kappa shape index (κ2) is 9.77. The fourth-order valence-electron chi connectivity index (χ4n) is 3.94. The number of benzene rings is 3. The van der Waals surface area contributed by atoms with Gasteiger partial charge in [-0.3, -0.25) is 9.69 Å². The first-order valence-corrected chi connectivity index (χ1v) is 10.7. The van der Waals surface area contributed by atoms with Crippen molar-refractivity contribution in [2.24, 2.45) is 0 Å². The van der Waals surface area contributed by atoms with Crippen molar-refractivity contribution in [3.8, 4) is 5.75 Å². The normalized spacial score (nSPS) is 16.9. The Morgan fingerprint density at radius 1 is 0.943 bits per heavy atom. The van der Waals surface area contributed by atoms with Crippen LogP contribution in [0.1, 0.15) is 35.7 Å². The maximum atomic E-state index is 13.4. The van der Waals surface area contributed by atoms with Crippen LogP contribution in [0.5, 0.6) is 5.75 Å². The molecule has 4 rings (SSSR count). The third-order valence-electron chi connectivity index (χ3n) is 5.62. The van der Waals surface area contributed by atoms with Gasteiger partial charge in [0.25, 0.3) is 5.91 Å². The predicted octanol–water partition coefficient (Wildman–Crippen LogP) is 6.63. The number of ether oxygens (including phenoxy) is 1. The first-order valence-electron chi connectivity index (χ1n) is 10.7. The third kappa shape index (κ3) is 5.45. The number of nitrogens with one attached hydrogen (secondary N) is 1. The number of carbonyl (C=O) groups excluding carboxylic acids is 1. The quantitative estimate of drug-likeness (QED) is 0.380. The number of nitrogens with zero attached hydrogens (tertiary/aromatic N) is 1. The third-order valence-corrected chi connectivity index (χ3v) is 5.62. The second-order valence-corrected chi connectivity index (χ2v) is 7.97. The molecule has 3 aromatic carbocycles. The summed E-state index contributed by atoms with van der Waals surface area (Å²) in [5.41, 5.74) is 0.876. The van der Waals surface area contributed by atoms with Gasteiger partial charge in [0.1, 0.15) is 5.75 Å². The molecule has 182 valence electrons. The Morgan fingerprint density at radius 2 is 1.63 bits per heavy atom. The highest BCUT2D eigenvalue weighted by molar-refractivity contribution is 6.09. The molecule has 4 nitrogen and oxygen atoms in total. The highest BCUT2D eigenvalue weighted by atomic mass is 19.4. The van der Waals surface area contributed by atoms with E-state index in [0.717, 1.165) is 17.7 Å².